The zero-order valence-corrected chi connectivity index (χ0v) is 11.4. The van der Waals surface area contributed by atoms with Gasteiger partial charge in [-0.2, -0.15) is 0 Å². The van der Waals surface area contributed by atoms with Crippen molar-refractivity contribution in [2.75, 3.05) is 54.9 Å². The lowest BCUT2D eigenvalue weighted by molar-refractivity contribution is -0.503. The summed E-state index contributed by atoms with van der Waals surface area (Å²) in [6, 6.07) is 1.69. The van der Waals surface area contributed by atoms with E-state index in [2.05, 4.69) is 11.0 Å². The van der Waals surface area contributed by atoms with Gasteiger partial charge in [0.2, 0.25) is 0 Å². The van der Waals surface area contributed by atoms with E-state index in [1.54, 1.807) is 14.2 Å². The fourth-order valence-corrected chi connectivity index (χ4v) is 1.30. The summed E-state index contributed by atoms with van der Waals surface area (Å²) in [5.41, 5.74) is 0. The van der Waals surface area contributed by atoms with Gasteiger partial charge in [-0.1, -0.05) is 0 Å². The van der Waals surface area contributed by atoms with Gasteiger partial charge < -0.3 is 24.2 Å². The van der Waals surface area contributed by atoms with E-state index in [4.69, 9.17) is 18.9 Å². The maximum absolute atomic E-state index is 11.7. The van der Waals surface area contributed by atoms with Gasteiger partial charge in [0.05, 0.1) is 26.4 Å². The first kappa shape index (κ1) is 17.0. The minimum Gasteiger partial charge on any atom is -0.707 e. The molecule has 0 fully saturated rings. The molecule has 0 aromatic rings. The molecule has 7 nitrogen and oxygen atoms in total. The van der Waals surface area contributed by atoms with Gasteiger partial charge in [-0.3, -0.25) is 0 Å². The molecular weight excluding hydrogens is 240 g/mol. The third kappa shape index (κ3) is 7.37. The normalized spacial score (nSPS) is 10.8. The Morgan fingerprint density at radius 2 is 1.39 bits per heavy atom. The van der Waals surface area contributed by atoms with Crippen LogP contribution in [0.3, 0.4) is 0 Å². The standard InChI is InChI=1S/C11H22N2O5/c1-15-5-10(6-16-2)12-9-13(14)11(7-17-3)8-18-4/h10-11H,5-8H2,1-4H3. The number of hydrogen-bond donors (Lipinski definition) is 0. The summed E-state index contributed by atoms with van der Waals surface area (Å²) in [4.78, 5) is 3.99. The summed E-state index contributed by atoms with van der Waals surface area (Å²) < 4.78 is 20.4. The molecule has 0 atom stereocenters. The highest BCUT2D eigenvalue weighted by Gasteiger charge is 2.14. The Balaban J connectivity index is 4.64. The Kier molecular flexibility index (Phi) is 10.5. The van der Waals surface area contributed by atoms with E-state index < -0.39 is 6.04 Å². The third-order valence-electron chi connectivity index (χ3n) is 2.11. The number of hydrogen-bond acceptors (Lipinski definition) is 6. The largest absolute Gasteiger partial charge is 0.707 e. The second-order valence-corrected chi connectivity index (χ2v) is 3.68. The molecular formula is C11H22N2O5. The minimum atomic E-state index is -0.463. The van der Waals surface area contributed by atoms with Crippen molar-refractivity contribution in [3.8, 4) is 0 Å². The van der Waals surface area contributed by atoms with Gasteiger partial charge in [-0.15, -0.1) is 0 Å². The van der Waals surface area contributed by atoms with Crippen LogP contribution in [-0.2, 0) is 18.9 Å². The van der Waals surface area contributed by atoms with Crippen molar-refractivity contribution in [2.24, 2.45) is 4.99 Å². The quantitative estimate of drug-likeness (QED) is 0.240. The van der Waals surface area contributed by atoms with Crippen LogP contribution in [0.4, 0.5) is 0 Å². The highest BCUT2D eigenvalue weighted by Crippen LogP contribution is 1.94. The summed E-state index contributed by atoms with van der Waals surface area (Å²) >= 11 is 0. The molecule has 106 valence electrons. The van der Waals surface area contributed by atoms with Gasteiger partial charge in [0.25, 0.3) is 0 Å². The number of ether oxygens (including phenoxy) is 4. The van der Waals surface area contributed by atoms with Gasteiger partial charge in [0.15, 0.2) is 12.1 Å². The molecule has 0 unspecified atom stereocenters. The number of methoxy groups -OCH3 is 4. The lowest BCUT2D eigenvalue weighted by Crippen LogP contribution is -2.31. The molecule has 0 aliphatic rings. The van der Waals surface area contributed by atoms with Gasteiger partial charge in [0.1, 0.15) is 0 Å². The summed E-state index contributed by atoms with van der Waals surface area (Å²) in [7, 11) is 6.16. The van der Waals surface area contributed by atoms with E-state index in [9.17, 15) is 5.21 Å². The van der Waals surface area contributed by atoms with Crippen LogP contribution in [0.25, 0.3) is 0 Å². The maximum Gasteiger partial charge on any atom is 0.311 e. The molecule has 18 heavy (non-hydrogen) atoms. The number of aliphatic imine (C=N–C) groups is 1. The van der Waals surface area contributed by atoms with E-state index in [0.29, 0.717) is 18.0 Å². The van der Waals surface area contributed by atoms with Crippen LogP contribution < -0.4 is 0 Å². The molecule has 0 N–H and O–H groups in total. The van der Waals surface area contributed by atoms with Gasteiger partial charge in [0, 0.05) is 28.4 Å². The Bertz CT molecular complexity index is 254. The molecule has 0 bridgehead atoms. The van der Waals surface area contributed by atoms with Crippen molar-refractivity contribution >= 4 is 6.01 Å². The zero-order chi connectivity index (χ0) is 13.8. The first-order valence-corrected chi connectivity index (χ1v) is 5.57. The topological polar surface area (TPSA) is 75.4 Å². The molecule has 0 aromatic heterocycles. The van der Waals surface area contributed by atoms with Crippen LogP contribution in [0.2, 0.25) is 0 Å². The smallest absolute Gasteiger partial charge is 0.311 e. The van der Waals surface area contributed by atoms with Gasteiger partial charge in [-0.25, -0.2) is 4.74 Å². The lowest BCUT2D eigenvalue weighted by Gasteiger charge is -2.16. The molecule has 0 aliphatic carbocycles. The molecule has 0 heterocycles. The van der Waals surface area contributed by atoms with Crippen molar-refractivity contribution in [1.29, 1.82) is 0 Å². The van der Waals surface area contributed by atoms with Crippen molar-refractivity contribution in [1.82, 2.24) is 0 Å². The highest BCUT2D eigenvalue weighted by molar-refractivity contribution is 5.35. The van der Waals surface area contributed by atoms with Gasteiger partial charge >= 0.3 is 6.01 Å². The summed E-state index contributed by atoms with van der Waals surface area (Å²) in [5, 5.41) is 11.7. The Labute approximate surface area is 108 Å². The first-order valence-electron chi connectivity index (χ1n) is 5.57. The molecule has 0 aliphatic heterocycles. The molecule has 0 spiro atoms. The number of rotatable bonds is 10. The van der Waals surface area contributed by atoms with Crippen LogP contribution in [0.5, 0.6) is 0 Å². The second-order valence-electron chi connectivity index (χ2n) is 3.68. The molecule has 0 saturated carbocycles. The molecule has 7 heteroatoms. The van der Waals surface area contributed by atoms with Crippen LogP contribution in [0, 0.1) is 5.21 Å². The summed E-state index contributed by atoms with van der Waals surface area (Å²) in [6.07, 6.45) is 0. The fraction of sp³-hybridized carbons (Fsp3) is 0.909. The monoisotopic (exact) mass is 262 g/mol. The lowest BCUT2D eigenvalue weighted by atomic mass is 10.3. The van der Waals surface area contributed by atoms with Crippen LogP contribution in [-0.4, -0.2) is 77.7 Å². The number of hydroxylamine groups is 1. The fourth-order valence-electron chi connectivity index (χ4n) is 1.30. The molecule has 0 amide bonds. The Morgan fingerprint density at radius 1 is 0.944 bits per heavy atom. The van der Waals surface area contributed by atoms with E-state index in [0.717, 1.165) is 0 Å². The van der Waals surface area contributed by atoms with Crippen LogP contribution in [0.1, 0.15) is 0 Å². The predicted octanol–water partition coefficient (Wildman–Crippen LogP) is -0.00660. The Morgan fingerprint density at radius 3 is 1.78 bits per heavy atom. The summed E-state index contributed by atoms with van der Waals surface area (Å²) in [5.74, 6) is 0. The van der Waals surface area contributed by atoms with Gasteiger partial charge in [-0.05, 0) is 4.99 Å². The van der Waals surface area contributed by atoms with E-state index in [1.807, 2.05) is 0 Å². The van der Waals surface area contributed by atoms with E-state index in [-0.39, 0.29) is 19.3 Å². The van der Waals surface area contributed by atoms with Crippen molar-refractivity contribution in [3.05, 3.63) is 5.21 Å². The van der Waals surface area contributed by atoms with Crippen molar-refractivity contribution in [2.45, 2.75) is 12.1 Å². The molecule has 0 aromatic carbocycles. The van der Waals surface area contributed by atoms with E-state index >= 15 is 0 Å². The predicted molar refractivity (Wildman–Crippen MR) is 66.1 cm³/mol. The summed E-state index contributed by atoms with van der Waals surface area (Å²) in [6.45, 7) is 1.24. The number of nitrogens with zero attached hydrogens (tertiary/aromatic N) is 2. The zero-order valence-electron chi connectivity index (χ0n) is 11.4. The van der Waals surface area contributed by atoms with E-state index in [1.165, 1.54) is 14.2 Å². The second kappa shape index (κ2) is 11.1. The average Bonchev–Trinajstić information content (AvgIpc) is 2.36. The maximum atomic E-state index is 11.7. The third-order valence-corrected chi connectivity index (χ3v) is 2.11. The molecule has 0 saturated heterocycles. The van der Waals surface area contributed by atoms with Crippen molar-refractivity contribution < 1.29 is 23.7 Å². The Hall–Kier alpha value is -0.980. The minimum absolute atomic E-state index is 0.248. The van der Waals surface area contributed by atoms with Crippen LogP contribution >= 0.6 is 0 Å². The SMILES string of the molecule is COCC(COC)N=C=[N+]([O-])C(COC)COC. The average molecular weight is 262 g/mol. The molecule has 0 rings (SSSR count). The highest BCUT2D eigenvalue weighted by atomic mass is 16.5. The van der Waals surface area contributed by atoms with Crippen LogP contribution in [0.15, 0.2) is 4.99 Å². The first-order chi connectivity index (χ1) is 8.69. The molecule has 0 radical (unpaired) electrons. The van der Waals surface area contributed by atoms with Crippen molar-refractivity contribution in [3.63, 3.8) is 0 Å².